The molecule has 0 radical (unpaired) electrons. The molecule has 1 fully saturated rings. The lowest BCUT2D eigenvalue weighted by molar-refractivity contribution is 0.108. The van der Waals surface area contributed by atoms with E-state index in [1.165, 1.54) is 19.3 Å². The second-order valence-corrected chi connectivity index (χ2v) is 3.36. The lowest BCUT2D eigenvalue weighted by atomic mass is 9.83. The van der Waals surface area contributed by atoms with Crippen LogP contribution in [0.5, 0.6) is 0 Å². The van der Waals surface area contributed by atoms with Crippen molar-refractivity contribution in [3.8, 4) is 0 Å². The van der Waals surface area contributed by atoms with Crippen molar-refractivity contribution >= 4 is 12.4 Å². The summed E-state index contributed by atoms with van der Waals surface area (Å²) in [4.78, 5) is 0. The van der Waals surface area contributed by atoms with Gasteiger partial charge in [-0.1, -0.05) is 19.3 Å². The molecule has 1 rings (SSSR count). The van der Waals surface area contributed by atoms with Crippen LogP contribution in [0.15, 0.2) is 0 Å². The highest BCUT2D eigenvalue weighted by molar-refractivity contribution is 5.85. The van der Waals surface area contributed by atoms with Crippen LogP contribution in [0.2, 0.25) is 0 Å². The molecule has 1 saturated carbocycles. The summed E-state index contributed by atoms with van der Waals surface area (Å²) in [5, 5.41) is 0. The lowest BCUT2D eigenvalue weighted by Gasteiger charge is -2.32. The van der Waals surface area contributed by atoms with Crippen LogP contribution in [0.4, 0.5) is 0 Å². The molecule has 0 aromatic carbocycles. The van der Waals surface area contributed by atoms with Crippen LogP contribution in [0.1, 0.15) is 32.1 Å². The molecule has 2 N–H and O–H groups in total. The van der Waals surface area contributed by atoms with E-state index < -0.39 is 0 Å². The van der Waals surface area contributed by atoms with Crippen molar-refractivity contribution < 1.29 is 4.74 Å². The zero-order chi connectivity index (χ0) is 7.45. The molecule has 0 aromatic rings. The van der Waals surface area contributed by atoms with Gasteiger partial charge in [0.15, 0.2) is 0 Å². The van der Waals surface area contributed by atoms with Gasteiger partial charge in [-0.25, -0.2) is 0 Å². The molecule has 0 atom stereocenters. The van der Waals surface area contributed by atoms with Crippen molar-refractivity contribution in [1.82, 2.24) is 0 Å². The summed E-state index contributed by atoms with van der Waals surface area (Å²) >= 11 is 0. The Bertz CT molecular complexity index is 96.8. The molecule has 3 heteroatoms. The van der Waals surface area contributed by atoms with E-state index in [0.717, 1.165) is 19.4 Å². The fraction of sp³-hybridized carbons (Fsp3) is 1.00. The average Bonchev–Trinajstić information content (AvgIpc) is 1.89. The molecule has 11 heavy (non-hydrogen) atoms. The molecule has 2 nitrogen and oxygen atoms in total. The molecule has 1 aliphatic rings. The topological polar surface area (TPSA) is 35.2 Å². The smallest absolute Gasteiger partial charge is 0.0642 e. The maximum absolute atomic E-state index is 6.04. The van der Waals surface area contributed by atoms with Crippen LogP contribution in [-0.2, 0) is 4.74 Å². The van der Waals surface area contributed by atoms with Gasteiger partial charge in [0, 0.05) is 12.6 Å². The van der Waals surface area contributed by atoms with Crippen LogP contribution < -0.4 is 5.73 Å². The average molecular weight is 180 g/mol. The largest absolute Gasteiger partial charge is 0.383 e. The van der Waals surface area contributed by atoms with Gasteiger partial charge in [-0.2, -0.15) is 0 Å². The Labute approximate surface area is 74.9 Å². The Morgan fingerprint density at radius 1 is 1.27 bits per heavy atom. The van der Waals surface area contributed by atoms with Gasteiger partial charge >= 0.3 is 0 Å². The van der Waals surface area contributed by atoms with E-state index in [2.05, 4.69) is 0 Å². The van der Waals surface area contributed by atoms with Gasteiger partial charge in [-0.05, 0) is 12.8 Å². The fourth-order valence-corrected chi connectivity index (χ4v) is 1.69. The number of rotatable bonds is 2. The van der Waals surface area contributed by atoms with E-state index in [-0.39, 0.29) is 17.9 Å². The first-order valence-corrected chi connectivity index (χ1v) is 4.05. The predicted molar refractivity (Wildman–Crippen MR) is 49.1 cm³/mol. The van der Waals surface area contributed by atoms with Gasteiger partial charge in [0.05, 0.1) is 6.61 Å². The van der Waals surface area contributed by atoms with E-state index in [1.807, 2.05) is 0 Å². The maximum Gasteiger partial charge on any atom is 0.0642 e. The van der Waals surface area contributed by atoms with Gasteiger partial charge in [0.25, 0.3) is 0 Å². The van der Waals surface area contributed by atoms with Crippen LogP contribution in [-0.4, -0.2) is 19.3 Å². The summed E-state index contributed by atoms with van der Waals surface area (Å²) in [5.74, 6) is 0. The van der Waals surface area contributed by atoms with Gasteiger partial charge in [-0.15, -0.1) is 12.4 Å². The van der Waals surface area contributed by atoms with Crippen LogP contribution in [0.3, 0.4) is 0 Å². The first-order valence-electron chi connectivity index (χ1n) is 4.05. The van der Waals surface area contributed by atoms with Crippen molar-refractivity contribution in [1.29, 1.82) is 0 Å². The number of methoxy groups -OCH3 is 1. The summed E-state index contributed by atoms with van der Waals surface area (Å²) in [5.41, 5.74) is 6.05. The van der Waals surface area contributed by atoms with E-state index in [0.29, 0.717) is 0 Å². The summed E-state index contributed by atoms with van der Waals surface area (Å²) in [6, 6.07) is 0. The normalized spacial score (nSPS) is 22.4. The second-order valence-electron chi connectivity index (χ2n) is 3.36. The molecule has 0 bridgehead atoms. The van der Waals surface area contributed by atoms with Crippen LogP contribution in [0.25, 0.3) is 0 Å². The third kappa shape index (κ3) is 3.41. The number of halogens is 1. The van der Waals surface area contributed by atoms with Gasteiger partial charge in [-0.3, -0.25) is 0 Å². The maximum atomic E-state index is 6.04. The molecule has 0 heterocycles. The third-order valence-corrected chi connectivity index (χ3v) is 2.28. The minimum absolute atomic E-state index is 0. The minimum atomic E-state index is 0. The zero-order valence-electron chi connectivity index (χ0n) is 7.14. The van der Waals surface area contributed by atoms with Crippen molar-refractivity contribution in [2.24, 2.45) is 5.73 Å². The quantitative estimate of drug-likeness (QED) is 0.701. The Kier molecular flexibility index (Phi) is 5.06. The first-order chi connectivity index (χ1) is 4.77. The minimum Gasteiger partial charge on any atom is -0.383 e. The highest BCUT2D eigenvalue weighted by atomic mass is 35.5. The number of hydrogen-bond acceptors (Lipinski definition) is 2. The molecule has 0 spiro atoms. The highest BCUT2D eigenvalue weighted by Crippen LogP contribution is 2.25. The van der Waals surface area contributed by atoms with Gasteiger partial charge in [0.2, 0.25) is 0 Å². The molecule has 0 aliphatic heterocycles. The lowest BCUT2D eigenvalue weighted by Crippen LogP contribution is -2.45. The molecular formula is C8H18ClNO. The van der Waals surface area contributed by atoms with Crippen LogP contribution in [0, 0.1) is 0 Å². The molecule has 0 amide bonds. The molecular weight excluding hydrogens is 162 g/mol. The van der Waals surface area contributed by atoms with E-state index in [1.54, 1.807) is 7.11 Å². The zero-order valence-corrected chi connectivity index (χ0v) is 7.95. The Hall–Kier alpha value is 0.210. The number of nitrogens with two attached hydrogens (primary N) is 1. The molecule has 0 aromatic heterocycles. The van der Waals surface area contributed by atoms with Gasteiger partial charge in [0.1, 0.15) is 0 Å². The number of hydrogen-bond donors (Lipinski definition) is 1. The fourth-order valence-electron chi connectivity index (χ4n) is 1.69. The van der Waals surface area contributed by atoms with Crippen LogP contribution >= 0.6 is 12.4 Å². The Balaban J connectivity index is 0.000001000. The Morgan fingerprint density at radius 2 is 1.82 bits per heavy atom. The molecule has 1 aliphatic carbocycles. The third-order valence-electron chi connectivity index (χ3n) is 2.28. The molecule has 68 valence electrons. The van der Waals surface area contributed by atoms with Crippen molar-refractivity contribution in [3.05, 3.63) is 0 Å². The first kappa shape index (κ1) is 11.2. The highest BCUT2D eigenvalue weighted by Gasteiger charge is 2.26. The number of ether oxygens (including phenoxy) is 1. The second kappa shape index (κ2) is 4.96. The summed E-state index contributed by atoms with van der Waals surface area (Å²) in [7, 11) is 1.73. The van der Waals surface area contributed by atoms with E-state index >= 15 is 0 Å². The predicted octanol–water partition coefficient (Wildman–Crippen LogP) is 1.72. The standard InChI is InChI=1S/C8H17NO.ClH/c1-10-7-8(9)5-3-2-4-6-8;/h2-7,9H2,1H3;1H. The van der Waals surface area contributed by atoms with Crippen molar-refractivity contribution in [2.75, 3.05) is 13.7 Å². The molecule has 0 unspecified atom stereocenters. The van der Waals surface area contributed by atoms with Crippen molar-refractivity contribution in [2.45, 2.75) is 37.6 Å². The monoisotopic (exact) mass is 179 g/mol. The molecule has 0 saturated heterocycles. The summed E-state index contributed by atoms with van der Waals surface area (Å²) < 4.78 is 5.06. The van der Waals surface area contributed by atoms with Gasteiger partial charge < -0.3 is 10.5 Å². The summed E-state index contributed by atoms with van der Waals surface area (Å²) in [6.07, 6.45) is 6.18. The SMILES string of the molecule is COCC1(N)CCCCC1.Cl. The van der Waals surface area contributed by atoms with E-state index in [9.17, 15) is 0 Å². The van der Waals surface area contributed by atoms with E-state index in [4.69, 9.17) is 10.5 Å². The Morgan fingerprint density at radius 3 is 2.27 bits per heavy atom. The van der Waals surface area contributed by atoms with Crippen molar-refractivity contribution in [3.63, 3.8) is 0 Å². The summed E-state index contributed by atoms with van der Waals surface area (Å²) in [6.45, 7) is 0.729.